The van der Waals surface area contributed by atoms with E-state index in [1.807, 2.05) is 0 Å². The molecule has 3 rings (SSSR count). The molecule has 2 nitrogen and oxygen atoms in total. The van der Waals surface area contributed by atoms with Gasteiger partial charge in [0, 0.05) is 36.5 Å². The largest absolute Gasteiger partial charge is 0.306 e. The molecule has 1 heterocycles. The molecule has 25 heavy (non-hydrogen) atoms. The SMILES string of the molecule is CN(C)[C@H]1CC[C@]2(C)CN(C/C=C/c3ccccc3)CC=C2C1(C)C. The summed E-state index contributed by atoms with van der Waals surface area (Å²) >= 11 is 0. The highest BCUT2D eigenvalue weighted by Gasteiger charge is 2.49. The van der Waals surface area contributed by atoms with Crippen LogP contribution in [0.25, 0.3) is 6.08 Å². The van der Waals surface area contributed by atoms with Gasteiger partial charge >= 0.3 is 0 Å². The molecule has 0 saturated heterocycles. The molecule has 0 unspecified atom stereocenters. The van der Waals surface area contributed by atoms with E-state index in [4.69, 9.17) is 0 Å². The van der Waals surface area contributed by atoms with Crippen molar-refractivity contribution >= 4 is 6.08 Å². The predicted octanol–water partition coefficient (Wildman–Crippen LogP) is 4.70. The van der Waals surface area contributed by atoms with Crippen molar-refractivity contribution in [1.29, 1.82) is 0 Å². The van der Waals surface area contributed by atoms with Crippen molar-refractivity contribution in [3.05, 3.63) is 53.6 Å². The summed E-state index contributed by atoms with van der Waals surface area (Å²) in [5.74, 6) is 0. The van der Waals surface area contributed by atoms with Gasteiger partial charge in [0.25, 0.3) is 0 Å². The first kappa shape index (κ1) is 18.4. The van der Waals surface area contributed by atoms with Crippen molar-refractivity contribution < 1.29 is 0 Å². The van der Waals surface area contributed by atoms with Crippen LogP contribution in [0.15, 0.2) is 48.1 Å². The van der Waals surface area contributed by atoms with Crippen LogP contribution in [0, 0.1) is 10.8 Å². The van der Waals surface area contributed by atoms with Crippen molar-refractivity contribution in [2.75, 3.05) is 33.7 Å². The molecule has 0 amide bonds. The number of rotatable bonds is 4. The second-order valence-corrected chi connectivity index (χ2v) is 8.93. The first-order valence-electron chi connectivity index (χ1n) is 9.64. The van der Waals surface area contributed by atoms with Gasteiger partial charge in [0.2, 0.25) is 0 Å². The Hall–Kier alpha value is -1.38. The quantitative estimate of drug-likeness (QED) is 0.734. The molecule has 1 aliphatic heterocycles. The van der Waals surface area contributed by atoms with E-state index in [1.165, 1.54) is 24.9 Å². The number of nitrogens with zero attached hydrogens (tertiary/aromatic N) is 2. The average Bonchev–Trinajstić information content (AvgIpc) is 2.54. The number of benzene rings is 1. The van der Waals surface area contributed by atoms with Crippen LogP contribution in [0.5, 0.6) is 0 Å². The van der Waals surface area contributed by atoms with Gasteiger partial charge in [-0.05, 0) is 32.5 Å². The van der Waals surface area contributed by atoms with Gasteiger partial charge in [-0.3, -0.25) is 4.90 Å². The lowest BCUT2D eigenvalue weighted by Crippen LogP contribution is -2.54. The Bertz CT molecular complexity index is 641. The monoisotopic (exact) mass is 338 g/mol. The summed E-state index contributed by atoms with van der Waals surface area (Å²) in [5.41, 5.74) is 3.57. The molecule has 2 aliphatic rings. The molecule has 1 aromatic carbocycles. The first-order valence-corrected chi connectivity index (χ1v) is 9.64. The minimum absolute atomic E-state index is 0.266. The van der Waals surface area contributed by atoms with E-state index >= 15 is 0 Å². The Labute approximate surface area is 154 Å². The minimum Gasteiger partial charge on any atom is -0.306 e. The molecule has 1 saturated carbocycles. The summed E-state index contributed by atoms with van der Waals surface area (Å²) in [7, 11) is 4.47. The van der Waals surface area contributed by atoms with Crippen molar-refractivity contribution in [3.63, 3.8) is 0 Å². The summed E-state index contributed by atoms with van der Waals surface area (Å²) in [6, 6.07) is 11.2. The molecular weight excluding hydrogens is 304 g/mol. The van der Waals surface area contributed by atoms with E-state index in [1.54, 1.807) is 5.57 Å². The van der Waals surface area contributed by atoms with E-state index in [0.29, 0.717) is 11.5 Å². The molecule has 1 aromatic rings. The molecule has 0 radical (unpaired) electrons. The maximum atomic E-state index is 2.59. The Morgan fingerprint density at radius 2 is 1.88 bits per heavy atom. The predicted molar refractivity (Wildman–Crippen MR) is 109 cm³/mol. The zero-order chi connectivity index (χ0) is 18.1. The van der Waals surface area contributed by atoms with Gasteiger partial charge in [0.15, 0.2) is 0 Å². The lowest BCUT2D eigenvalue weighted by molar-refractivity contribution is 0.0526. The van der Waals surface area contributed by atoms with E-state index in [-0.39, 0.29) is 5.41 Å². The lowest BCUT2D eigenvalue weighted by atomic mass is 9.57. The molecule has 0 bridgehead atoms. The molecule has 0 spiro atoms. The van der Waals surface area contributed by atoms with Crippen LogP contribution in [0.2, 0.25) is 0 Å². The topological polar surface area (TPSA) is 6.48 Å². The standard InChI is InChI=1S/C23H34N2/c1-22(2)20-14-17-25(16-9-12-19-10-7-6-8-11-19)18-23(20,3)15-13-21(22)24(4)5/h6-12,14,21H,13,15-18H2,1-5H3/b12-9+/t21-,23+/m0/s1. The molecule has 2 heteroatoms. The highest BCUT2D eigenvalue weighted by molar-refractivity contribution is 5.48. The molecule has 0 N–H and O–H groups in total. The molecule has 0 aromatic heterocycles. The van der Waals surface area contributed by atoms with Gasteiger partial charge in [0.05, 0.1) is 0 Å². The van der Waals surface area contributed by atoms with Gasteiger partial charge < -0.3 is 4.90 Å². The van der Waals surface area contributed by atoms with Crippen molar-refractivity contribution in [2.45, 2.75) is 39.7 Å². The molecule has 2 atom stereocenters. The second kappa shape index (κ2) is 7.09. The van der Waals surface area contributed by atoms with E-state index in [2.05, 4.69) is 93.2 Å². The van der Waals surface area contributed by atoms with Crippen molar-refractivity contribution in [1.82, 2.24) is 9.80 Å². The third kappa shape index (κ3) is 3.75. The molecule has 1 aliphatic carbocycles. The Morgan fingerprint density at radius 1 is 1.16 bits per heavy atom. The van der Waals surface area contributed by atoms with Crippen LogP contribution < -0.4 is 0 Å². The molecule has 136 valence electrons. The summed E-state index contributed by atoms with van der Waals surface area (Å²) in [4.78, 5) is 5.02. The van der Waals surface area contributed by atoms with Gasteiger partial charge in [0.1, 0.15) is 0 Å². The maximum absolute atomic E-state index is 2.59. The van der Waals surface area contributed by atoms with Crippen molar-refractivity contribution in [3.8, 4) is 0 Å². The zero-order valence-corrected chi connectivity index (χ0v) is 16.6. The number of hydrogen-bond donors (Lipinski definition) is 0. The summed E-state index contributed by atoms with van der Waals surface area (Å²) < 4.78 is 0. The Balaban J connectivity index is 1.70. The fourth-order valence-corrected chi connectivity index (χ4v) is 5.31. The van der Waals surface area contributed by atoms with Crippen LogP contribution in [0.1, 0.15) is 39.2 Å². The van der Waals surface area contributed by atoms with Gasteiger partial charge in [-0.25, -0.2) is 0 Å². The van der Waals surface area contributed by atoms with Crippen LogP contribution in [0.3, 0.4) is 0 Å². The van der Waals surface area contributed by atoms with Crippen LogP contribution in [-0.2, 0) is 0 Å². The third-order valence-electron chi connectivity index (χ3n) is 6.37. The van der Waals surface area contributed by atoms with Crippen LogP contribution in [0.4, 0.5) is 0 Å². The lowest BCUT2D eigenvalue weighted by Gasteiger charge is -2.55. The number of fused-ring (bicyclic) bond motifs is 1. The first-order chi connectivity index (χ1) is 11.8. The van der Waals surface area contributed by atoms with Gasteiger partial charge in [-0.15, -0.1) is 0 Å². The normalized spacial score (nSPS) is 29.7. The smallest absolute Gasteiger partial charge is 0.0178 e. The number of hydrogen-bond acceptors (Lipinski definition) is 2. The van der Waals surface area contributed by atoms with Gasteiger partial charge in [-0.1, -0.05) is 74.9 Å². The van der Waals surface area contributed by atoms with Gasteiger partial charge in [-0.2, -0.15) is 0 Å². The minimum atomic E-state index is 0.266. The molecular formula is C23H34N2. The van der Waals surface area contributed by atoms with Crippen molar-refractivity contribution in [2.24, 2.45) is 10.8 Å². The second-order valence-electron chi connectivity index (χ2n) is 8.93. The van der Waals surface area contributed by atoms with Crippen LogP contribution >= 0.6 is 0 Å². The van der Waals surface area contributed by atoms with E-state index in [9.17, 15) is 0 Å². The Morgan fingerprint density at radius 3 is 2.56 bits per heavy atom. The fourth-order valence-electron chi connectivity index (χ4n) is 5.31. The fraction of sp³-hybridized carbons (Fsp3) is 0.565. The van der Waals surface area contributed by atoms with E-state index < -0.39 is 0 Å². The summed E-state index contributed by atoms with van der Waals surface area (Å²) in [5, 5.41) is 0. The Kier molecular flexibility index (Phi) is 5.22. The third-order valence-corrected chi connectivity index (χ3v) is 6.37. The average molecular weight is 339 g/mol. The summed E-state index contributed by atoms with van der Waals surface area (Å²) in [6.07, 6.45) is 9.68. The highest BCUT2D eigenvalue weighted by Crippen LogP contribution is 2.53. The van der Waals surface area contributed by atoms with E-state index in [0.717, 1.165) is 13.1 Å². The molecule has 1 fully saturated rings. The zero-order valence-electron chi connectivity index (χ0n) is 16.6. The highest BCUT2D eigenvalue weighted by atomic mass is 15.1. The maximum Gasteiger partial charge on any atom is 0.0178 e. The van der Waals surface area contributed by atoms with Crippen LogP contribution in [-0.4, -0.2) is 49.6 Å². The summed E-state index contributed by atoms with van der Waals surface area (Å²) in [6.45, 7) is 10.7.